The zero-order chi connectivity index (χ0) is 24.8. The fraction of sp³-hybridized carbons (Fsp3) is 0.115. The number of halogens is 1. The number of nitrogens with zero attached hydrogens (tertiary/aromatic N) is 1. The maximum Gasteiger partial charge on any atom is 0.349 e. The van der Waals surface area contributed by atoms with Crippen LogP contribution in [0.2, 0.25) is 5.02 Å². The van der Waals surface area contributed by atoms with Gasteiger partial charge in [-0.15, -0.1) is 0 Å². The summed E-state index contributed by atoms with van der Waals surface area (Å²) in [6.07, 6.45) is 1.43. The minimum Gasteiger partial charge on any atom is -0.493 e. The van der Waals surface area contributed by atoms with Gasteiger partial charge < -0.3 is 18.6 Å². The van der Waals surface area contributed by atoms with Gasteiger partial charge in [-0.25, -0.2) is 10.2 Å². The first-order valence-electron chi connectivity index (χ1n) is 10.5. The lowest BCUT2D eigenvalue weighted by molar-refractivity contribution is 0.0951. The number of carbonyl (C=O) groups excluding carboxylic acids is 1. The molecule has 178 valence electrons. The van der Waals surface area contributed by atoms with Crippen LogP contribution >= 0.6 is 11.6 Å². The zero-order valence-electron chi connectivity index (χ0n) is 18.9. The van der Waals surface area contributed by atoms with Crippen molar-refractivity contribution in [2.24, 2.45) is 5.10 Å². The SMILES string of the molecule is COc1cc(C=NNC(=O)c2cc3cccc(OC)c3oc2=O)ccc1OCc1ccc(Cl)cc1. The third-order valence-electron chi connectivity index (χ3n) is 5.06. The summed E-state index contributed by atoms with van der Waals surface area (Å²) in [5.41, 5.74) is 3.25. The first-order chi connectivity index (χ1) is 17.0. The molecule has 1 heterocycles. The van der Waals surface area contributed by atoms with E-state index in [4.69, 9.17) is 30.2 Å². The fourth-order valence-corrected chi connectivity index (χ4v) is 3.41. The third kappa shape index (κ3) is 5.62. The lowest BCUT2D eigenvalue weighted by Crippen LogP contribution is -2.24. The Balaban J connectivity index is 1.44. The number of hydrogen-bond donors (Lipinski definition) is 1. The molecule has 0 saturated carbocycles. The highest BCUT2D eigenvalue weighted by Crippen LogP contribution is 2.28. The van der Waals surface area contributed by atoms with Crippen molar-refractivity contribution in [2.45, 2.75) is 6.61 Å². The normalized spacial score (nSPS) is 10.9. The molecule has 1 aromatic heterocycles. The Morgan fingerprint density at radius 1 is 1.00 bits per heavy atom. The summed E-state index contributed by atoms with van der Waals surface area (Å²) in [5, 5.41) is 5.15. The maximum absolute atomic E-state index is 12.5. The van der Waals surface area contributed by atoms with Gasteiger partial charge in [0.2, 0.25) is 0 Å². The number of amides is 1. The van der Waals surface area contributed by atoms with E-state index in [1.54, 1.807) is 48.5 Å². The molecule has 0 aliphatic heterocycles. The predicted octanol–water partition coefficient (Wildman–Crippen LogP) is 4.81. The van der Waals surface area contributed by atoms with Gasteiger partial charge in [0, 0.05) is 10.4 Å². The second-order valence-electron chi connectivity index (χ2n) is 7.35. The van der Waals surface area contributed by atoms with E-state index in [1.165, 1.54) is 26.5 Å². The lowest BCUT2D eigenvalue weighted by Gasteiger charge is -2.11. The Kier molecular flexibility index (Phi) is 7.32. The predicted molar refractivity (Wildman–Crippen MR) is 133 cm³/mol. The van der Waals surface area contributed by atoms with Crippen molar-refractivity contribution < 1.29 is 23.4 Å². The monoisotopic (exact) mass is 492 g/mol. The molecule has 35 heavy (non-hydrogen) atoms. The number of hydrogen-bond acceptors (Lipinski definition) is 7. The van der Waals surface area contributed by atoms with Gasteiger partial charge in [0.05, 0.1) is 20.4 Å². The van der Waals surface area contributed by atoms with Gasteiger partial charge in [-0.05, 0) is 53.6 Å². The van der Waals surface area contributed by atoms with Gasteiger partial charge in [-0.2, -0.15) is 5.10 Å². The van der Waals surface area contributed by atoms with Crippen molar-refractivity contribution >= 4 is 34.7 Å². The minimum atomic E-state index is -0.793. The molecule has 0 spiro atoms. The number of methoxy groups -OCH3 is 2. The standard InChI is InChI=1S/C26H21ClN2O6/c1-32-22-5-3-4-18-13-20(26(31)35-24(18)22)25(30)29-28-14-17-8-11-21(23(12-17)33-2)34-15-16-6-9-19(27)10-7-16/h3-14H,15H2,1-2H3,(H,29,30). The molecule has 0 fully saturated rings. The van der Waals surface area contributed by atoms with Crippen molar-refractivity contribution in [1.82, 2.24) is 5.43 Å². The summed E-state index contributed by atoms with van der Waals surface area (Å²) < 4.78 is 21.7. The summed E-state index contributed by atoms with van der Waals surface area (Å²) in [5.74, 6) is 0.750. The molecular formula is C26H21ClN2O6. The van der Waals surface area contributed by atoms with Gasteiger partial charge >= 0.3 is 5.63 Å². The summed E-state index contributed by atoms with van der Waals surface area (Å²) in [7, 11) is 3.00. The molecule has 4 aromatic rings. The van der Waals surface area contributed by atoms with Crippen LogP contribution < -0.4 is 25.3 Å². The zero-order valence-corrected chi connectivity index (χ0v) is 19.7. The number of hydrazone groups is 1. The highest BCUT2D eigenvalue weighted by molar-refractivity contribution is 6.30. The number of para-hydroxylation sites is 1. The molecular weight excluding hydrogens is 472 g/mol. The first-order valence-corrected chi connectivity index (χ1v) is 10.9. The average Bonchev–Trinajstić information content (AvgIpc) is 2.87. The van der Waals surface area contributed by atoms with Crippen LogP contribution in [0.1, 0.15) is 21.5 Å². The number of ether oxygens (including phenoxy) is 3. The summed E-state index contributed by atoms with van der Waals surface area (Å²) in [6.45, 7) is 0.344. The van der Waals surface area contributed by atoms with Crippen molar-refractivity contribution in [2.75, 3.05) is 14.2 Å². The second-order valence-corrected chi connectivity index (χ2v) is 7.79. The van der Waals surface area contributed by atoms with E-state index in [-0.39, 0.29) is 11.1 Å². The Labute approximate surface area is 205 Å². The molecule has 0 saturated heterocycles. The highest BCUT2D eigenvalue weighted by atomic mass is 35.5. The molecule has 0 unspecified atom stereocenters. The number of rotatable bonds is 8. The van der Waals surface area contributed by atoms with Crippen LogP contribution in [0.5, 0.6) is 17.2 Å². The smallest absolute Gasteiger partial charge is 0.349 e. The highest BCUT2D eigenvalue weighted by Gasteiger charge is 2.15. The number of fused-ring (bicyclic) bond motifs is 1. The van der Waals surface area contributed by atoms with E-state index in [2.05, 4.69) is 10.5 Å². The summed E-state index contributed by atoms with van der Waals surface area (Å²) in [6, 6.07) is 19.1. The molecule has 4 rings (SSSR count). The van der Waals surface area contributed by atoms with Crippen molar-refractivity contribution in [3.63, 3.8) is 0 Å². The molecule has 9 heteroatoms. The van der Waals surface area contributed by atoms with Crippen LogP contribution in [-0.2, 0) is 6.61 Å². The van der Waals surface area contributed by atoms with Gasteiger partial charge in [-0.1, -0.05) is 35.9 Å². The Bertz CT molecular complexity index is 1450. The van der Waals surface area contributed by atoms with E-state index in [9.17, 15) is 9.59 Å². The van der Waals surface area contributed by atoms with Crippen LogP contribution in [0.15, 0.2) is 81.0 Å². The van der Waals surface area contributed by atoms with Gasteiger partial charge in [-0.3, -0.25) is 4.79 Å². The van der Waals surface area contributed by atoms with Gasteiger partial charge in [0.1, 0.15) is 12.2 Å². The minimum absolute atomic E-state index is 0.175. The molecule has 0 radical (unpaired) electrons. The largest absolute Gasteiger partial charge is 0.493 e. The molecule has 8 nitrogen and oxygen atoms in total. The van der Waals surface area contributed by atoms with Gasteiger partial charge in [0.15, 0.2) is 22.8 Å². The second kappa shape index (κ2) is 10.8. The van der Waals surface area contributed by atoms with E-state index in [0.717, 1.165) is 5.56 Å². The molecule has 3 aromatic carbocycles. The molecule has 0 aliphatic rings. The maximum atomic E-state index is 12.5. The average molecular weight is 493 g/mol. The van der Waals surface area contributed by atoms with Crippen LogP contribution in [0.3, 0.4) is 0 Å². The molecule has 0 bridgehead atoms. The number of carbonyl (C=O) groups is 1. The van der Waals surface area contributed by atoms with E-state index in [0.29, 0.717) is 39.8 Å². The first kappa shape index (κ1) is 23.8. The Morgan fingerprint density at radius 2 is 1.77 bits per heavy atom. The van der Waals surface area contributed by atoms with Crippen LogP contribution in [0, 0.1) is 0 Å². The summed E-state index contributed by atoms with van der Waals surface area (Å²) >= 11 is 5.91. The van der Waals surface area contributed by atoms with Crippen molar-refractivity contribution in [3.8, 4) is 17.2 Å². The number of benzene rings is 3. The van der Waals surface area contributed by atoms with Crippen LogP contribution in [-0.4, -0.2) is 26.3 Å². The van der Waals surface area contributed by atoms with Crippen LogP contribution in [0.25, 0.3) is 11.0 Å². The molecule has 1 N–H and O–H groups in total. The fourth-order valence-electron chi connectivity index (χ4n) is 3.29. The molecule has 0 aliphatic carbocycles. The Hall–Kier alpha value is -4.30. The number of nitrogens with one attached hydrogen (secondary N) is 1. The lowest BCUT2D eigenvalue weighted by atomic mass is 10.1. The van der Waals surface area contributed by atoms with Crippen molar-refractivity contribution in [1.29, 1.82) is 0 Å². The van der Waals surface area contributed by atoms with E-state index in [1.807, 2.05) is 12.1 Å². The van der Waals surface area contributed by atoms with E-state index < -0.39 is 11.5 Å². The van der Waals surface area contributed by atoms with Crippen LogP contribution in [0.4, 0.5) is 0 Å². The Morgan fingerprint density at radius 3 is 2.51 bits per heavy atom. The van der Waals surface area contributed by atoms with Crippen molar-refractivity contribution in [3.05, 3.63) is 98.9 Å². The molecule has 1 amide bonds. The topological polar surface area (TPSA) is 99.4 Å². The third-order valence-corrected chi connectivity index (χ3v) is 5.32. The quantitative estimate of drug-likeness (QED) is 0.215. The summed E-state index contributed by atoms with van der Waals surface area (Å²) in [4.78, 5) is 24.8. The van der Waals surface area contributed by atoms with E-state index >= 15 is 0 Å². The van der Waals surface area contributed by atoms with Gasteiger partial charge in [0.25, 0.3) is 5.91 Å². The molecule has 0 atom stereocenters.